The third kappa shape index (κ3) is 5.12. The van der Waals surface area contributed by atoms with Crippen LogP contribution >= 0.6 is 0 Å². The summed E-state index contributed by atoms with van der Waals surface area (Å²) in [5.41, 5.74) is 2.89. The van der Waals surface area contributed by atoms with Gasteiger partial charge in [-0.05, 0) is 18.6 Å². The number of carbonyl (C=O) groups excluding carboxylic acids is 1. The van der Waals surface area contributed by atoms with E-state index < -0.39 is 4.92 Å². The molecule has 1 saturated heterocycles. The molecule has 1 aliphatic rings. The van der Waals surface area contributed by atoms with E-state index in [9.17, 15) is 14.9 Å². The summed E-state index contributed by atoms with van der Waals surface area (Å²) < 4.78 is 0. The van der Waals surface area contributed by atoms with Gasteiger partial charge in [0.15, 0.2) is 6.54 Å². The lowest BCUT2D eigenvalue weighted by molar-refractivity contribution is -1.02. The first-order chi connectivity index (χ1) is 13.0. The van der Waals surface area contributed by atoms with Crippen molar-refractivity contribution in [2.45, 2.75) is 13.5 Å². The second-order valence-corrected chi connectivity index (χ2v) is 7.10. The van der Waals surface area contributed by atoms with Gasteiger partial charge in [0, 0.05) is 11.6 Å². The maximum absolute atomic E-state index is 12.3. The number of anilines is 1. The summed E-state index contributed by atoms with van der Waals surface area (Å²) >= 11 is 0. The van der Waals surface area contributed by atoms with Crippen LogP contribution in [0.2, 0.25) is 0 Å². The monoisotopic (exact) mass is 370 g/mol. The Labute approximate surface area is 158 Å². The Bertz CT molecular complexity index is 816. The molecule has 1 aliphatic heterocycles. The summed E-state index contributed by atoms with van der Waals surface area (Å²) in [7, 11) is 0. The maximum atomic E-state index is 12.3. The van der Waals surface area contributed by atoms with Crippen molar-refractivity contribution in [2.75, 3.05) is 38.0 Å². The molecule has 0 unspecified atom stereocenters. The molecule has 3 rings (SSSR count). The fourth-order valence-electron chi connectivity index (χ4n) is 3.55. The van der Waals surface area contributed by atoms with Crippen molar-refractivity contribution in [1.82, 2.24) is 0 Å². The van der Waals surface area contributed by atoms with E-state index in [-0.39, 0.29) is 17.3 Å². The van der Waals surface area contributed by atoms with Crippen LogP contribution in [0.15, 0.2) is 48.5 Å². The molecule has 27 heavy (non-hydrogen) atoms. The Balaban J connectivity index is 1.49. The zero-order valence-electron chi connectivity index (χ0n) is 15.5. The van der Waals surface area contributed by atoms with Crippen LogP contribution in [0.5, 0.6) is 0 Å². The average Bonchev–Trinajstić information content (AvgIpc) is 2.65. The van der Waals surface area contributed by atoms with Crippen LogP contribution in [0.3, 0.4) is 0 Å². The highest BCUT2D eigenvalue weighted by atomic mass is 16.6. The van der Waals surface area contributed by atoms with Crippen LogP contribution in [-0.2, 0) is 11.3 Å². The minimum absolute atomic E-state index is 0.0756. The molecular weight excluding hydrogens is 344 g/mol. The van der Waals surface area contributed by atoms with Crippen molar-refractivity contribution in [1.29, 1.82) is 0 Å². The summed E-state index contributed by atoms with van der Waals surface area (Å²) in [6, 6.07) is 14.7. The lowest BCUT2D eigenvalue weighted by Crippen LogP contribution is -3.28. The molecule has 2 aromatic rings. The third-order valence-corrected chi connectivity index (χ3v) is 5.15. The second-order valence-electron chi connectivity index (χ2n) is 7.10. The van der Waals surface area contributed by atoms with E-state index in [4.69, 9.17) is 0 Å². The van der Waals surface area contributed by atoms with Crippen LogP contribution < -0.4 is 15.1 Å². The highest BCUT2D eigenvalue weighted by molar-refractivity contribution is 5.93. The third-order valence-electron chi connectivity index (χ3n) is 5.15. The van der Waals surface area contributed by atoms with E-state index in [0.29, 0.717) is 6.54 Å². The molecule has 1 fully saturated rings. The number of aryl methyl sites for hydroxylation is 1. The van der Waals surface area contributed by atoms with Crippen molar-refractivity contribution in [2.24, 2.45) is 0 Å². The highest BCUT2D eigenvalue weighted by Crippen LogP contribution is 2.22. The minimum atomic E-state index is -0.476. The van der Waals surface area contributed by atoms with Gasteiger partial charge in [-0.3, -0.25) is 14.9 Å². The predicted molar refractivity (Wildman–Crippen MR) is 103 cm³/mol. The molecule has 0 saturated carbocycles. The summed E-state index contributed by atoms with van der Waals surface area (Å²) in [6.07, 6.45) is 0. The van der Waals surface area contributed by atoms with E-state index in [1.807, 2.05) is 0 Å². The fraction of sp³-hybridized carbons (Fsp3) is 0.350. The van der Waals surface area contributed by atoms with Gasteiger partial charge in [0.25, 0.3) is 11.6 Å². The molecule has 1 amide bonds. The molecular formula is C20H26N4O3+2. The predicted octanol–water partition coefficient (Wildman–Crippen LogP) is -0.175. The van der Waals surface area contributed by atoms with Crippen LogP contribution in [0, 0.1) is 17.0 Å². The molecule has 0 aromatic heterocycles. The normalized spacial score (nSPS) is 19.4. The number of hydrogen-bond donors (Lipinski definition) is 3. The summed E-state index contributed by atoms with van der Waals surface area (Å²) in [5.74, 6) is -0.179. The van der Waals surface area contributed by atoms with E-state index in [0.717, 1.165) is 32.7 Å². The van der Waals surface area contributed by atoms with Gasteiger partial charge in [0.1, 0.15) is 38.4 Å². The van der Waals surface area contributed by atoms with E-state index in [2.05, 4.69) is 36.5 Å². The Kier molecular flexibility index (Phi) is 6.16. The van der Waals surface area contributed by atoms with Crippen LogP contribution in [0.4, 0.5) is 11.4 Å². The van der Waals surface area contributed by atoms with Crippen LogP contribution in [-0.4, -0.2) is 43.6 Å². The second kappa shape index (κ2) is 8.75. The number of nitrogens with one attached hydrogen (secondary N) is 3. The quantitative estimate of drug-likeness (QED) is 0.488. The average molecular weight is 370 g/mol. The number of para-hydroxylation sites is 2. The Hall–Kier alpha value is -2.77. The first-order valence-corrected chi connectivity index (χ1v) is 9.28. The van der Waals surface area contributed by atoms with E-state index in [1.54, 1.807) is 18.2 Å². The molecule has 0 atom stereocenters. The summed E-state index contributed by atoms with van der Waals surface area (Å²) in [5, 5.41) is 13.7. The Morgan fingerprint density at radius 3 is 2.37 bits per heavy atom. The van der Waals surface area contributed by atoms with Gasteiger partial charge in [-0.15, -0.1) is 0 Å². The SMILES string of the molecule is Cc1ccccc1C[NH+]1CC[NH+](CC(=O)Nc2ccccc2[N+](=O)[O-])CC1. The number of nitro groups is 1. The Morgan fingerprint density at radius 1 is 1.04 bits per heavy atom. The molecule has 0 aliphatic carbocycles. The van der Waals surface area contributed by atoms with Gasteiger partial charge in [-0.1, -0.05) is 36.4 Å². The number of amides is 1. The van der Waals surface area contributed by atoms with Crippen LogP contribution in [0.1, 0.15) is 11.1 Å². The zero-order valence-corrected chi connectivity index (χ0v) is 15.5. The van der Waals surface area contributed by atoms with Gasteiger partial charge in [-0.2, -0.15) is 0 Å². The largest absolute Gasteiger partial charge is 0.322 e. The van der Waals surface area contributed by atoms with E-state index >= 15 is 0 Å². The van der Waals surface area contributed by atoms with Crippen molar-refractivity contribution in [3.8, 4) is 0 Å². The first-order valence-electron chi connectivity index (χ1n) is 9.28. The highest BCUT2D eigenvalue weighted by Gasteiger charge is 2.26. The lowest BCUT2D eigenvalue weighted by Gasteiger charge is -2.29. The number of benzene rings is 2. The fourth-order valence-corrected chi connectivity index (χ4v) is 3.55. The van der Waals surface area contributed by atoms with Crippen LogP contribution in [0.25, 0.3) is 0 Å². The van der Waals surface area contributed by atoms with Gasteiger partial charge < -0.3 is 15.1 Å². The molecule has 1 heterocycles. The lowest BCUT2D eigenvalue weighted by atomic mass is 10.1. The number of rotatable bonds is 6. The summed E-state index contributed by atoms with van der Waals surface area (Å²) in [6.45, 7) is 7.37. The maximum Gasteiger partial charge on any atom is 0.292 e. The van der Waals surface area contributed by atoms with E-state index in [1.165, 1.54) is 27.0 Å². The van der Waals surface area contributed by atoms with Gasteiger partial charge in [0.05, 0.1) is 4.92 Å². The zero-order chi connectivity index (χ0) is 19.2. The molecule has 0 bridgehead atoms. The van der Waals surface area contributed by atoms with Gasteiger partial charge in [0.2, 0.25) is 0 Å². The molecule has 0 spiro atoms. The number of piperazine rings is 1. The van der Waals surface area contributed by atoms with Crippen molar-refractivity contribution < 1.29 is 19.5 Å². The van der Waals surface area contributed by atoms with Crippen molar-refractivity contribution in [3.63, 3.8) is 0 Å². The van der Waals surface area contributed by atoms with Crippen molar-refractivity contribution in [3.05, 3.63) is 69.8 Å². The van der Waals surface area contributed by atoms with Crippen molar-refractivity contribution >= 4 is 17.3 Å². The standard InChI is InChI=1S/C20H24N4O3/c1-16-6-2-3-7-17(16)14-22-10-12-23(13-11-22)15-20(25)21-18-8-4-5-9-19(18)24(26)27/h2-9H,10-15H2,1H3,(H,21,25)/p+2. The molecule has 2 aromatic carbocycles. The number of nitrogens with zero attached hydrogens (tertiary/aromatic N) is 1. The number of quaternary nitrogens is 2. The smallest absolute Gasteiger partial charge is 0.292 e. The molecule has 142 valence electrons. The minimum Gasteiger partial charge on any atom is -0.322 e. The van der Waals surface area contributed by atoms with Gasteiger partial charge >= 0.3 is 0 Å². The number of nitro benzene ring substituents is 1. The molecule has 0 radical (unpaired) electrons. The number of carbonyl (C=O) groups is 1. The molecule has 7 heteroatoms. The first kappa shape index (κ1) is 19.0. The van der Waals surface area contributed by atoms with Gasteiger partial charge in [-0.25, -0.2) is 0 Å². The Morgan fingerprint density at radius 2 is 1.67 bits per heavy atom. The summed E-state index contributed by atoms with van der Waals surface area (Å²) in [4.78, 5) is 25.6. The number of hydrogen-bond acceptors (Lipinski definition) is 3. The molecule has 7 nitrogen and oxygen atoms in total. The topological polar surface area (TPSA) is 81.1 Å². The molecule has 3 N–H and O–H groups in total.